The lowest BCUT2D eigenvalue weighted by molar-refractivity contribution is 0.0779. The highest BCUT2D eigenvalue weighted by Crippen LogP contribution is 2.32. The maximum Gasteiger partial charge on any atom is 0.270 e. The summed E-state index contributed by atoms with van der Waals surface area (Å²) in [7, 11) is -2.59. The molecule has 186 valence electrons. The number of aromatic amines is 1. The Hall–Kier alpha value is -3.69. The van der Waals surface area contributed by atoms with Gasteiger partial charge in [-0.3, -0.25) is 14.6 Å². The third-order valence-electron chi connectivity index (χ3n) is 5.98. The lowest BCUT2D eigenvalue weighted by Crippen LogP contribution is -2.27. The number of carbonyl (C=O) groups excluding carboxylic acids is 2. The first-order valence-corrected chi connectivity index (χ1v) is 12.9. The highest BCUT2D eigenvalue weighted by atomic mass is 35.5. The summed E-state index contributed by atoms with van der Waals surface area (Å²) in [4.78, 5) is 33.7. The smallest absolute Gasteiger partial charge is 0.270 e. The normalized spacial score (nSPS) is 11.6. The molecular weight excluding hydrogens is 500 g/mol. The monoisotopic (exact) mass is 524 g/mol. The van der Waals surface area contributed by atoms with E-state index in [1.165, 1.54) is 24.0 Å². The van der Waals surface area contributed by atoms with Crippen molar-refractivity contribution < 1.29 is 18.0 Å². The predicted octanol–water partition coefficient (Wildman–Crippen LogP) is 4.35. The molecule has 2 amide bonds. The molecule has 0 saturated carbocycles. The Morgan fingerprint density at radius 3 is 2.36 bits per heavy atom. The number of aromatic nitrogens is 2. The van der Waals surface area contributed by atoms with Gasteiger partial charge in [0.2, 0.25) is 9.84 Å². The van der Waals surface area contributed by atoms with E-state index in [-0.39, 0.29) is 33.3 Å². The minimum Gasteiger partial charge on any atom is -0.364 e. The summed E-state index contributed by atoms with van der Waals surface area (Å²) >= 11 is 6.57. The third-order valence-corrected chi connectivity index (χ3v) is 8.33. The van der Waals surface area contributed by atoms with Gasteiger partial charge in [0, 0.05) is 25.2 Å². The molecule has 2 heterocycles. The predicted molar refractivity (Wildman–Crippen MR) is 138 cm³/mol. The molecule has 0 radical (unpaired) electrons. The van der Waals surface area contributed by atoms with Crippen molar-refractivity contribution in [2.45, 2.75) is 37.1 Å². The molecule has 2 aromatic carbocycles. The van der Waals surface area contributed by atoms with E-state index < -0.39 is 21.7 Å². The number of fused-ring (bicyclic) bond motifs is 1. The second kappa shape index (κ2) is 9.40. The van der Waals surface area contributed by atoms with Crippen molar-refractivity contribution in [2.75, 3.05) is 7.05 Å². The standard InChI is InChI=1S/C26H25ClN4O4S/c1-14-10-15(2)12-18(11-14)36(34,35)24-16(3)22(30-23(24)25(28)32)26(33)31(4)13-17-7-8-20-19(21(17)27)6-5-9-29-20/h5-12,30H,13H2,1-4H3,(H2,28,32). The topological polar surface area (TPSA) is 126 Å². The van der Waals surface area contributed by atoms with Crippen molar-refractivity contribution in [3.05, 3.63) is 87.3 Å². The SMILES string of the molecule is Cc1cc(C)cc(S(=O)(=O)c2c(C(N)=O)[nH]c(C(=O)N(C)Cc3ccc4ncccc4c3Cl)c2C)c1. The Kier molecular flexibility index (Phi) is 6.64. The van der Waals surface area contributed by atoms with Crippen molar-refractivity contribution >= 4 is 44.2 Å². The first kappa shape index (κ1) is 25.4. The zero-order valence-electron chi connectivity index (χ0n) is 20.2. The van der Waals surface area contributed by atoms with E-state index in [1.807, 2.05) is 18.2 Å². The summed E-state index contributed by atoms with van der Waals surface area (Å²) in [6, 6.07) is 12.1. The molecule has 0 saturated heterocycles. The van der Waals surface area contributed by atoms with Gasteiger partial charge >= 0.3 is 0 Å². The number of nitrogens with one attached hydrogen (secondary N) is 1. The van der Waals surface area contributed by atoms with Crippen LogP contribution in [0.4, 0.5) is 0 Å². The number of nitrogens with two attached hydrogens (primary N) is 1. The maximum atomic E-state index is 13.6. The van der Waals surface area contributed by atoms with E-state index in [0.717, 1.165) is 22.0 Å². The first-order chi connectivity index (χ1) is 16.9. The quantitative estimate of drug-likeness (QED) is 0.388. The first-order valence-electron chi connectivity index (χ1n) is 11.0. The van der Waals surface area contributed by atoms with E-state index in [2.05, 4.69) is 9.97 Å². The second-order valence-electron chi connectivity index (χ2n) is 8.79. The van der Waals surface area contributed by atoms with E-state index in [9.17, 15) is 18.0 Å². The third kappa shape index (κ3) is 4.47. The largest absolute Gasteiger partial charge is 0.364 e. The molecule has 36 heavy (non-hydrogen) atoms. The number of halogens is 1. The van der Waals surface area contributed by atoms with Crippen LogP contribution in [0.5, 0.6) is 0 Å². The van der Waals surface area contributed by atoms with Crippen molar-refractivity contribution in [3.8, 4) is 0 Å². The number of pyridine rings is 1. The number of sulfone groups is 1. The van der Waals surface area contributed by atoms with Gasteiger partial charge in [0.25, 0.3) is 11.8 Å². The molecule has 0 aliphatic carbocycles. The summed E-state index contributed by atoms with van der Waals surface area (Å²) in [6.07, 6.45) is 1.67. The van der Waals surface area contributed by atoms with Gasteiger partial charge < -0.3 is 15.6 Å². The molecule has 0 unspecified atom stereocenters. The molecule has 0 bridgehead atoms. The van der Waals surface area contributed by atoms with E-state index in [0.29, 0.717) is 10.6 Å². The van der Waals surface area contributed by atoms with E-state index in [4.69, 9.17) is 17.3 Å². The van der Waals surface area contributed by atoms with Gasteiger partial charge in [0.1, 0.15) is 16.3 Å². The molecule has 8 nitrogen and oxygen atoms in total. The Morgan fingerprint density at radius 2 is 1.72 bits per heavy atom. The summed E-state index contributed by atoms with van der Waals surface area (Å²) in [5.74, 6) is -1.49. The molecular formula is C26H25ClN4O4S. The van der Waals surface area contributed by atoms with Crippen LogP contribution in [0.3, 0.4) is 0 Å². The zero-order chi connectivity index (χ0) is 26.4. The van der Waals surface area contributed by atoms with Crippen LogP contribution in [-0.4, -0.2) is 42.1 Å². The summed E-state index contributed by atoms with van der Waals surface area (Å²) in [6.45, 7) is 5.19. The van der Waals surface area contributed by atoms with Gasteiger partial charge in [-0.15, -0.1) is 0 Å². The second-order valence-corrected chi connectivity index (χ2v) is 11.1. The summed E-state index contributed by atoms with van der Waals surface area (Å²) in [5.41, 5.74) is 8.19. The molecule has 0 aliphatic heterocycles. The minimum absolute atomic E-state index is 0.0218. The highest BCUT2D eigenvalue weighted by molar-refractivity contribution is 7.91. The molecule has 0 atom stereocenters. The fraction of sp³-hybridized carbons (Fsp3) is 0.192. The van der Waals surface area contributed by atoms with Crippen LogP contribution >= 0.6 is 11.6 Å². The Morgan fingerprint density at radius 1 is 1.06 bits per heavy atom. The maximum absolute atomic E-state index is 13.6. The van der Waals surface area contributed by atoms with Crippen LogP contribution in [0.1, 0.15) is 43.2 Å². The van der Waals surface area contributed by atoms with Gasteiger partial charge in [-0.2, -0.15) is 0 Å². The fourth-order valence-electron chi connectivity index (χ4n) is 4.31. The molecule has 2 aromatic heterocycles. The van der Waals surface area contributed by atoms with Crippen LogP contribution < -0.4 is 5.73 Å². The highest BCUT2D eigenvalue weighted by Gasteiger charge is 2.33. The number of benzene rings is 2. The molecule has 3 N–H and O–H groups in total. The van der Waals surface area contributed by atoms with Crippen LogP contribution in [0.2, 0.25) is 5.02 Å². The summed E-state index contributed by atoms with van der Waals surface area (Å²) in [5, 5.41) is 1.23. The van der Waals surface area contributed by atoms with Crippen molar-refractivity contribution in [1.82, 2.24) is 14.9 Å². The number of carbonyl (C=O) groups is 2. The van der Waals surface area contributed by atoms with Gasteiger partial charge in [0.15, 0.2) is 0 Å². The average Bonchev–Trinajstić information content (AvgIpc) is 3.18. The molecule has 10 heteroatoms. The summed E-state index contributed by atoms with van der Waals surface area (Å²) < 4.78 is 27.1. The lowest BCUT2D eigenvalue weighted by Gasteiger charge is -2.18. The Labute approximate surface area is 214 Å². The van der Waals surface area contributed by atoms with E-state index >= 15 is 0 Å². The molecule has 0 aliphatic rings. The number of hydrogen-bond acceptors (Lipinski definition) is 5. The van der Waals surface area contributed by atoms with Crippen molar-refractivity contribution in [3.63, 3.8) is 0 Å². The van der Waals surface area contributed by atoms with Gasteiger partial charge in [-0.25, -0.2) is 8.42 Å². The van der Waals surface area contributed by atoms with Crippen LogP contribution in [0.15, 0.2) is 58.5 Å². The number of aryl methyl sites for hydroxylation is 2. The zero-order valence-corrected chi connectivity index (χ0v) is 21.8. The van der Waals surface area contributed by atoms with Crippen LogP contribution in [0, 0.1) is 20.8 Å². The van der Waals surface area contributed by atoms with Crippen LogP contribution in [0.25, 0.3) is 10.9 Å². The van der Waals surface area contributed by atoms with E-state index in [1.54, 1.807) is 39.2 Å². The molecule has 0 fully saturated rings. The van der Waals surface area contributed by atoms with Gasteiger partial charge in [0.05, 0.1) is 15.4 Å². The van der Waals surface area contributed by atoms with Crippen molar-refractivity contribution in [2.24, 2.45) is 5.73 Å². The van der Waals surface area contributed by atoms with Crippen molar-refractivity contribution in [1.29, 1.82) is 0 Å². The number of nitrogens with zero attached hydrogens (tertiary/aromatic N) is 2. The molecule has 0 spiro atoms. The molecule has 4 rings (SSSR count). The van der Waals surface area contributed by atoms with Gasteiger partial charge in [-0.05, 0) is 73.4 Å². The number of H-pyrrole nitrogens is 1. The fourth-order valence-corrected chi connectivity index (χ4v) is 6.43. The molecule has 4 aromatic rings. The number of primary amides is 1. The minimum atomic E-state index is -4.15. The van der Waals surface area contributed by atoms with Crippen LogP contribution in [-0.2, 0) is 16.4 Å². The number of rotatable bonds is 6. The lowest BCUT2D eigenvalue weighted by atomic mass is 10.1. The Balaban J connectivity index is 1.75. The average molecular weight is 525 g/mol. The number of amides is 2. The Bertz CT molecular complexity index is 1620. The number of hydrogen-bond donors (Lipinski definition) is 2. The van der Waals surface area contributed by atoms with Gasteiger partial charge in [-0.1, -0.05) is 23.7 Å².